The van der Waals surface area contributed by atoms with Gasteiger partial charge in [-0.1, -0.05) is 54.2 Å². The number of hydrogen-bond acceptors (Lipinski definition) is 6. The van der Waals surface area contributed by atoms with Crippen molar-refractivity contribution in [2.24, 2.45) is 0 Å². The number of aromatic nitrogens is 5. The summed E-state index contributed by atoms with van der Waals surface area (Å²) in [6.07, 6.45) is 0. The lowest BCUT2D eigenvalue weighted by Gasteiger charge is -2.13. The van der Waals surface area contributed by atoms with E-state index in [0.29, 0.717) is 50.9 Å². The Balaban J connectivity index is 1.59. The predicted molar refractivity (Wildman–Crippen MR) is 140 cm³/mol. The summed E-state index contributed by atoms with van der Waals surface area (Å²) < 4.78 is 3.45. The van der Waals surface area contributed by atoms with Gasteiger partial charge in [0.2, 0.25) is 5.78 Å². The van der Waals surface area contributed by atoms with E-state index in [-0.39, 0.29) is 17.1 Å². The van der Waals surface area contributed by atoms with E-state index in [0.717, 1.165) is 5.56 Å². The van der Waals surface area contributed by atoms with Crippen LogP contribution in [0.1, 0.15) is 51.5 Å². The van der Waals surface area contributed by atoms with Crippen LogP contribution in [0.25, 0.3) is 16.7 Å². The van der Waals surface area contributed by atoms with Gasteiger partial charge < -0.3 is 4.98 Å². The number of thioether (sulfide) groups is 1. The summed E-state index contributed by atoms with van der Waals surface area (Å²) in [5, 5.41) is 9.28. The highest BCUT2D eigenvalue weighted by Crippen LogP contribution is 2.29. The van der Waals surface area contributed by atoms with Gasteiger partial charge in [0, 0.05) is 11.3 Å². The average molecular weight is 500 g/mol. The number of aromatic amines is 1. The number of carbonyl (C=O) groups excluding carboxylic acids is 2. The number of ketones is 2. The summed E-state index contributed by atoms with van der Waals surface area (Å²) in [6.45, 7) is 7.23. The molecule has 9 heteroatoms. The molecule has 0 saturated heterocycles. The molecule has 182 valence electrons. The average Bonchev–Trinajstić information content (AvgIpc) is 3.41. The Bertz CT molecular complexity index is 1700. The molecule has 0 bridgehead atoms. The number of aryl methyl sites for hydroxylation is 1. The molecule has 36 heavy (non-hydrogen) atoms. The number of rotatable bonds is 7. The molecule has 0 saturated carbocycles. The van der Waals surface area contributed by atoms with Crippen molar-refractivity contribution in [2.45, 2.75) is 44.6 Å². The topological polar surface area (TPSA) is 102 Å². The number of H-pyrrole nitrogens is 1. The van der Waals surface area contributed by atoms with Crippen molar-refractivity contribution in [3.8, 4) is 0 Å². The quantitative estimate of drug-likeness (QED) is 0.259. The van der Waals surface area contributed by atoms with Crippen LogP contribution in [0.4, 0.5) is 0 Å². The van der Waals surface area contributed by atoms with Crippen LogP contribution < -0.4 is 5.56 Å². The second-order valence-corrected chi connectivity index (χ2v) is 10.1. The number of Topliss-reactive ketones (excluding diaryl/α,β-unsaturated/α-hetero) is 2. The van der Waals surface area contributed by atoms with Crippen LogP contribution in [-0.4, -0.2) is 41.0 Å². The molecule has 3 aromatic heterocycles. The minimum absolute atomic E-state index is 0.0769. The third-order valence-corrected chi connectivity index (χ3v) is 7.39. The van der Waals surface area contributed by atoms with Crippen molar-refractivity contribution in [3.05, 3.63) is 93.0 Å². The van der Waals surface area contributed by atoms with E-state index in [9.17, 15) is 14.4 Å². The molecule has 0 spiro atoms. The molecule has 3 heterocycles. The maximum absolute atomic E-state index is 13.4. The van der Waals surface area contributed by atoms with Crippen molar-refractivity contribution >= 4 is 40.0 Å². The van der Waals surface area contributed by atoms with Crippen LogP contribution in [0, 0.1) is 13.8 Å². The summed E-state index contributed by atoms with van der Waals surface area (Å²) >= 11 is 1.27. The maximum atomic E-state index is 13.4. The molecule has 2 aromatic carbocycles. The van der Waals surface area contributed by atoms with Crippen LogP contribution in [-0.2, 0) is 6.54 Å². The predicted octanol–water partition coefficient (Wildman–Crippen LogP) is 4.60. The van der Waals surface area contributed by atoms with E-state index in [4.69, 9.17) is 0 Å². The lowest BCUT2D eigenvalue weighted by Crippen LogP contribution is -2.24. The lowest BCUT2D eigenvalue weighted by atomic mass is 10.0. The van der Waals surface area contributed by atoms with E-state index in [2.05, 4.69) is 15.2 Å². The fraction of sp³-hybridized carbons (Fsp3) is 0.222. The van der Waals surface area contributed by atoms with Gasteiger partial charge >= 0.3 is 0 Å². The van der Waals surface area contributed by atoms with Crippen LogP contribution in [0.3, 0.4) is 0 Å². The van der Waals surface area contributed by atoms with Crippen molar-refractivity contribution in [1.29, 1.82) is 0 Å². The zero-order valence-electron chi connectivity index (χ0n) is 20.4. The SMILES string of the molecule is CC(=O)c1c(C)[nH]c(C(=O)C(C)Sc2nnc3n(Cc4ccccc4)c(=O)c4ccccc4n23)c1C. The number of hydrogen-bond donors (Lipinski definition) is 1. The van der Waals surface area contributed by atoms with Crippen LogP contribution >= 0.6 is 11.8 Å². The van der Waals surface area contributed by atoms with Gasteiger partial charge in [-0.25, -0.2) is 0 Å². The largest absolute Gasteiger partial charge is 0.355 e. The first kappa shape index (κ1) is 23.7. The van der Waals surface area contributed by atoms with Gasteiger partial charge in [-0.15, -0.1) is 10.2 Å². The molecular formula is C27H25N5O3S. The third kappa shape index (κ3) is 3.95. The molecule has 5 aromatic rings. The zero-order valence-corrected chi connectivity index (χ0v) is 21.2. The lowest BCUT2D eigenvalue weighted by molar-refractivity contribution is 0.0988. The maximum Gasteiger partial charge on any atom is 0.263 e. The summed E-state index contributed by atoms with van der Waals surface area (Å²) in [6, 6.07) is 17.0. The molecule has 1 atom stereocenters. The zero-order chi connectivity index (χ0) is 25.6. The molecule has 0 aliphatic carbocycles. The van der Waals surface area contributed by atoms with Crippen LogP contribution in [0.2, 0.25) is 0 Å². The van der Waals surface area contributed by atoms with Crippen molar-refractivity contribution in [1.82, 2.24) is 24.1 Å². The minimum atomic E-state index is -0.512. The minimum Gasteiger partial charge on any atom is -0.355 e. The second-order valence-electron chi connectivity index (χ2n) is 8.82. The summed E-state index contributed by atoms with van der Waals surface area (Å²) in [5.41, 5.74) is 3.83. The van der Waals surface area contributed by atoms with Gasteiger partial charge in [-0.2, -0.15) is 0 Å². The highest BCUT2D eigenvalue weighted by atomic mass is 32.2. The molecule has 0 aliphatic rings. The number of benzene rings is 2. The molecule has 1 N–H and O–H groups in total. The molecule has 8 nitrogen and oxygen atoms in total. The first-order chi connectivity index (χ1) is 17.3. The van der Waals surface area contributed by atoms with E-state index in [1.54, 1.807) is 31.4 Å². The highest BCUT2D eigenvalue weighted by molar-refractivity contribution is 8.00. The highest BCUT2D eigenvalue weighted by Gasteiger charge is 2.26. The van der Waals surface area contributed by atoms with Gasteiger partial charge in [0.1, 0.15) is 0 Å². The fourth-order valence-electron chi connectivity index (χ4n) is 4.66. The smallest absolute Gasteiger partial charge is 0.263 e. The molecular weight excluding hydrogens is 474 g/mol. The standard InChI is InChI=1S/C27H25N5O3S/c1-15-22(17(3)33)16(2)28-23(15)24(34)18(4)36-27-30-29-26-31(14-19-10-6-5-7-11-19)25(35)20-12-8-9-13-21(20)32(26)27/h5-13,18,28H,14H2,1-4H3. The second kappa shape index (κ2) is 9.23. The Hall–Kier alpha value is -3.98. The fourth-order valence-corrected chi connectivity index (χ4v) is 5.57. The molecule has 0 radical (unpaired) electrons. The van der Waals surface area contributed by atoms with Gasteiger partial charge in [0.25, 0.3) is 5.56 Å². The van der Waals surface area contributed by atoms with E-state index >= 15 is 0 Å². The van der Waals surface area contributed by atoms with Crippen LogP contribution in [0.15, 0.2) is 64.5 Å². The molecule has 5 rings (SSSR count). The van der Waals surface area contributed by atoms with Gasteiger partial charge in [0.05, 0.1) is 28.4 Å². The Labute approximate surface area is 211 Å². The molecule has 0 fully saturated rings. The molecule has 0 aliphatic heterocycles. The number of para-hydroxylation sites is 1. The first-order valence-corrected chi connectivity index (χ1v) is 12.5. The number of nitrogens with one attached hydrogen (secondary N) is 1. The van der Waals surface area contributed by atoms with Gasteiger partial charge in [-0.3, -0.25) is 23.4 Å². The number of nitrogens with zero attached hydrogens (tertiary/aromatic N) is 4. The van der Waals surface area contributed by atoms with Gasteiger partial charge in [0.15, 0.2) is 16.7 Å². The Kier molecular flexibility index (Phi) is 6.09. The normalized spacial score (nSPS) is 12.3. The number of fused-ring (bicyclic) bond motifs is 3. The van der Waals surface area contributed by atoms with Crippen LogP contribution in [0.5, 0.6) is 0 Å². The Morgan fingerprint density at radius 3 is 2.42 bits per heavy atom. The summed E-state index contributed by atoms with van der Waals surface area (Å²) in [5.74, 6) is 0.203. The Morgan fingerprint density at radius 1 is 1.03 bits per heavy atom. The number of carbonyl (C=O) groups is 2. The summed E-state index contributed by atoms with van der Waals surface area (Å²) in [4.78, 5) is 41.9. The third-order valence-electron chi connectivity index (χ3n) is 6.35. The monoisotopic (exact) mass is 499 g/mol. The first-order valence-electron chi connectivity index (χ1n) is 11.6. The van der Waals surface area contributed by atoms with Crippen molar-refractivity contribution < 1.29 is 9.59 Å². The van der Waals surface area contributed by atoms with E-state index in [1.165, 1.54) is 18.7 Å². The van der Waals surface area contributed by atoms with Gasteiger partial charge in [-0.05, 0) is 51.0 Å². The van der Waals surface area contributed by atoms with Crippen molar-refractivity contribution in [3.63, 3.8) is 0 Å². The van der Waals surface area contributed by atoms with E-state index in [1.807, 2.05) is 52.9 Å². The molecule has 0 amide bonds. The van der Waals surface area contributed by atoms with E-state index < -0.39 is 5.25 Å². The molecule has 1 unspecified atom stereocenters. The summed E-state index contributed by atoms with van der Waals surface area (Å²) in [7, 11) is 0. The van der Waals surface area contributed by atoms with Crippen molar-refractivity contribution in [2.75, 3.05) is 0 Å². The Morgan fingerprint density at radius 2 is 1.72 bits per heavy atom.